The second kappa shape index (κ2) is 15.3. The molecule has 0 saturated carbocycles. The number of aliphatic hydroxyl groups is 2. The Kier molecular flexibility index (Phi) is 11.6. The van der Waals surface area contributed by atoms with Crippen molar-refractivity contribution in [2.45, 2.75) is 58.5 Å². The first-order valence-electron chi connectivity index (χ1n) is 14.1. The number of hydrogen-bond donors (Lipinski definition) is 3. The molecule has 3 aromatic carbocycles. The van der Waals surface area contributed by atoms with E-state index in [2.05, 4.69) is 12.2 Å². The molecule has 3 N–H and O–H groups in total. The van der Waals surface area contributed by atoms with Crippen LogP contribution in [0.25, 0.3) is 11.1 Å². The zero-order chi connectivity index (χ0) is 30.1. The molecule has 1 heterocycles. The van der Waals surface area contributed by atoms with Gasteiger partial charge in [-0.25, -0.2) is 0 Å². The summed E-state index contributed by atoms with van der Waals surface area (Å²) in [4.78, 5) is 23.3. The molecule has 0 unspecified atom stereocenters. The first-order valence-corrected chi connectivity index (χ1v) is 15.3. The molecule has 9 heteroatoms. The molecule has 0 spiro atoms. The predicted molar refractivity (Wildman–Crippen MR) is 162 cm³/mol. The first kappa shape index (κ1) is 31.7. The van der Waals surface area contributed by atoms with E-state index in [1.165, 1.54) is 6.92 Å². The highest BCUT2D eigenvalue weighted by molar-refractivity contribution is 7.99. The molecule has 42 heavy (non-hydrogen) atoms. The molecule has 0 aromatic heterocycles. The van der Waals surface area contributed by atoms with Crippen LogP contribution < -0.4 is 5.32 Å². The Morgan fingerprint density at radius 3 is 2.33 bits per heavy atom. The lowest BCUT2D eigenvalue weighted by atomic mass is 9.91. The van der Waals surface area contributed by atoms with Gasteiger partial charge in [-0.15, -0.1) is 0 Å². The Morgan fingerprint density at radius 2 is 1.67 bits per heavy atom. The van der Waals surface area contributed by atoms with Crippen LogP contribution in [0, 0.1) is 5.92 Å². The maximum absolute atomic E-state index is 12.2. The Morgan fingerprint density at radius 1 is 0.952 bits per heavy atom. The van der Waals surface area contributed by atoms with Gasteiger partial charge in [-0.2, -0.15) is 11.8 Å². The fourth-order valence-corrected chi connectivity index (χ4v) is 5.81. The van der Waals surface area contributed by atoms with Crippen molar-refractivity contribution in [2.24, 2.45) is 5.92 Å². The van der Waals surface area contributed by atoms with E-state index in [0.717, 1.165) is 39.1 Å². The van der Waals surface area contributed by atoms with Gasteiger partial charge in [0.2, 0.25) is 0 Å². The van der Waals surface area contributed by atoms with Crippen LogP contribution in [0.2, 0.25) is 0 Å². The van der Waals surface area contributed by atoms with Gasteiger partial charge in [-0.3, -0.25) is 9.59 Å². The second-order valence-corrected chi connectivity index (χ2v) is 11.6. The van der Waals surface area contributed by atoms with Gasteiger partial charge in [0.05, 0.1) is 25.4 Å². The number of carbonyl (C=O) groups excluding carboxylic acids is 2. The SMILES string of the molecule is CC(=O)O[C@@H](C)C(=O)NCc1cccc(-c2ccc([C@@H]3O[C@H](CSCCO)[C@H](C)[C@H](c4ccc(CO)cc4)O3)cc2)c1. The largest absolute Gasteiger partial charge is 0.453 e. The molecule has 4 rings (SSSR count). The summed E-state index contributed by atoms with van der Waals surface area (Å²) in [5.74, 6) is 0.638. The van der Waals surface area contributed by atoms with E-state index in [1.54, 1.807) is 18.7 Å². The number of hydrogen-bond acceptors (Lipinski definition) is 8. The standard InChI is InChI=1S/C33H39NO7S/c1-21-30(20-42-16-15-35)40-33(41-31(21)27-9-7-24(19-36)8-10-27)28-13-11-26(12-14-28)29-6-4-5-25(17-29)18-34-32(38)22(2)39-23(3)37/h4-14,17,21-22,30-31,33,35-36H,15-16,18-20H2,1-3H3,(H,34,38)/t21-,22-,30+,31+,33+/m0/s1. The van der Waals surface area contributed by atoms with Crippen molar-refractivity contribution in [3.8, 4) is 11.1 Å². The lowest BCUT2D eigenvalue weighted by molar-refractivity contribution is -0.268. The molecule has 224 valence electrons. The van der Waals surface area contributed by atoms with E-state index in [0.29, 0.717) is 12.3 Å². The predicted octanol–water partition coefficient (Wildman–Crippen LogP) is 4.93. The Labute approximate surface area is 251 Å². The first-order chi connectivity index (χ1) is 20.3. The fourth-order valence-electron chi connectivity index (χ4n) is 4.90. The van der Waals surface area contributed by atoms with Crippen molar-refractivity contribution in [3.05, 3.63) is 95.1 Å². The van der Waals surface area contributed by atoms with Crippen molar-refractivity contribution in [3.63, 3.8) is 0 Å². The quantitative estimate of drug-likeness (QED) is 0.200. The fraction of sp³-hybridized carbons (Fsp3) is 0.394. The topological polar surface area (TPSA) is 114 Å². The minimum absolute atomic E-state index is 0.00724. The van der Waals surface area contributed by atoms with Crippen molar-refractivity contribution >= 4 is 23.6 Å². The number of nitrogens with one attached hydrogen (secondary N) is 1. The molecule has 8 nitrogen and oxygen atoms in total. The van der Waals surface area contributed by atoms with Crippen LogP contribution in [-0.4, -0.2) is 52.4 Å². The number of ether oxygens (including phenoxy) is 3. The van der Waals surface area contributed by atoms with E-state index < -0.39 is 18.4 Å². The smallest absolute Gasteiger partial charge is 0.303 e. The third-order valence-electron chi connectivity index (χ3n) is 7.26. The number of carbonyl (C=O) groups is 2. The number of aliphatic hydroxyl groups excluding tert-OH is 2. The molecule has 1 fully saturated rings. The van der Waals surface area contributed by atoms with Crippen LogP contribution in [0.3, 0.4) is 0 Å². The van der Waals surface area contributed by atoms with Crippen molar-refractivity contribution in [1.82, 2.24) is 5.32 Å². The molecule has 1 amide bonds. The van der Waals surface area contributed by atoms with E-state index in [4.69, 9.17) is 14.2 Å². The zero-order valence-electron chi connectivity index (χ0n) is 24.2. The third kappa shape index (κ3) is 8.42. The second-order valence-electron chi connectivity index (χ2n) is 10.4. The molecule has 3 aromatic rings. The van der Waals surface area contributed by atoms with E-state index in [1.807, 2.05) is 72.8 Å². The van der Waals surface area contributed by atoms with Crippen LogP contribution in [0.1, 0.15) is 55.4 Å². The summed E-state index contributed by atoms with van der Waals surface area (Å²) in [6.45, 7) is 5.38. The van der Waals surface area contributed by atoms with Crippen LogP contribution in [0.15, 0.2) is 72.8 Å². The summed E-state index contributed by atoms with van der Waals surface area (Å²) in [6.07, 6.45) is -1.67. The Bertz CT molecular complexity index is 1310. The van der Waals surface area contributed by atoms with E-state index in [9.17, 15) is 19.8 Å². The van der Waals surface area contributed by atoms with Gasteiger partial charge >= 0.3 is 5.97 Å². The third-order valence-corrected chi connectivity index (χ3v) is 8.30. The van der Waals surface area contributed by atoms with Gasteiger partial charge < -0.3 is 29.7 Å². The molecule has 0 bridgehead atoms. The summed E-state index contributed by atoms with van der Waals surface area (Å²) in [7, 11) is 0. The maximum Gasteiger partial charge on any atom is 0.303 e. The minimum Gasteiger partial charge on any atom is -0.453 e. The summed E-state index contributed by atoms with van der Waals surface area (Å²) in [5, 5.41) is 21.5. The number of esters is 1. The highest BCUT2D eigenvalue weighted by Crippen LogP contribution is 2.42. The highest BCUT2D eigenvalue weighted by Gasteiger charge is 2.38. The Balaban J connectivity index is 1.47. The molecule has 0 aliphatic carbocycles. The molecule has 1 aliphatic heterocycles. The van der Waals surface area contributed by atoms with Crippen LogP contribution >= 0.6 is 11.8 Å². The van der Waals surface area contributed by atoms with E-state index in [-0.39, 0.29) is 37.2 Å². The molecule has 0 radical (unpaired) electrons. The normalized spacial score (nSPS) is 21.0. The number of amides is 1. The maximum atomic E-state index is 12.2. The van der Waals surface area contributed by atoms with Crippen LogP contribution in [0.5, 0.6) is 0 Å². The molecule has 5 atom stereocenters. The summed E-state index contributed by atoms with van der Waals surface area (Å²) in [5.41, 5.74) is 5.72. The lowest BCUT2D eigenvalue weighted by Crippen LogP contribution is -2.38. The summed E-state index contributed by atoms with van der Waals surface area (Å²) < 4.78 is 17.9. The summed E-state index contributed by atoms with van der Waals surface area (Å²) in [6, 6.07) is 23.8. The average Bonchev–Trinajstić information content (AvgIpc) is 3.00. The Hall–Kier alpha value is -3.21. The molecule has 1 saturated heterocycles. The van der Waals surface area contributed by atoms with Gasteiger partial charge in [-0.05, 0) is 40.8 Å². The monoisotopic (exact) mass is 593 g/mol. The molecular weight excluding hydrogens is 554 g/mol. The van der Waals surface area contributed by atoms with Crippen LogP contribution in [0.4, 0.5) is 0 Å². The van der Waals surface area contributed by atoms with Gasteiger partial charge in [0.25, 0.3) is 5.91 Å². The minimum atomic E-state index is -0.849. The average molecular weight is 594 g/mol. The molecular formula is C33H39NO7S. The number of benzene rings is 3. The van der Waals surface area contributed by atoms with Gasteiger partial charge in [0, 0.05) is 36.5 Å². The molecule has 1 aliphatic rings. The van der Waals surface area contributed by atoms with Gasteiger partial charge in [0.15, 0.2) is 12.4 Å². The number of thioether (sulfide) groups is 1. The van der Waals surface area contributed by atoms with Crippen molar-refractivity contribution < 1.29 is 34.0 Å². The zero-order valence-corrected chi connectivity index (χ0v) is 25.0. The van der Waals surface area contributed by atoms with Crippen molar-refractivity contribution in [2.75, 3.05) is 18.1 Å². The lowest BCUT2D eigenvalue weighted by Gasteiger charge is -2.41. The van der Waals surface area contributed by atoms with Crippen LogP contribution in [-0.2, 0) is 37.0 Å². The number of rotatable bonds is 12. The van der Waals surface area contributed by atoms with Crippen molar-refractivity contribution in [1.29, 1.82) is 0 Å². The highest BCUT2D eigenvalue weighted by atomic mass is 32.2. The van der Waals surface area contributed by atoms with E-state index >= 15 is 0 Å². The van der Waals surface area contributed by atoms with Gasteiger partial charge in [-0.1, -0.05) is 73.7 Å². The van der Waals surface area contributed by atoms with Gasteiger partial charge in [0.1, 0.15) is 0 Å². The summed E-state index contributed by atoms with van der Waals surface area (Å²) >= 11 is 1.66.